The van der Waals surface area contributed by atoms with Gasteiger partial charge in [-0.25, -0.2) is 9.97 Å². The van der Waals surface area contributed by atoms with Gasteiger partial charge in [0.05, 0.1) is 32.4 Å². The predicted octanol–water partition coefficient (Wildman–Crippen LogP) is 3.42. The highest BCUT2D eigenvalue weighted by Crippen LogP contribution is 2.37. The first-order valence-electron chi connectivity index (χ1n) is 14.3. The van der Waals surface area contributed by atoms with E-state index >= 15 is 0 Å². The van der Waals surface area contributed by atoms with Gasteiger partial charge in [0, 0.05) is 56.8 Å². The zero-order chi connectivity index (χ0) is 31.2. The number of ether oxygens (including phenoxy) is 2. The number of ketones is 1. The number of hydrogen-bond donors (Lipinski definition) is 3. The maximum Gasteiger partial charge on any atom is 0.221 e. The molecule has 2 aromatic heterocycles. The normalized spacial score (nSPS) is 14.4. The first-order valence-corrected chi connectivity index (χ1v) is 14.3. The third-order valence-corrected chi connectivity index (χ3v) is 7.77. The first kappa shape index (κ1) is 30.3. The van der Waals surface area contributed by atoms with E-state index in [1.54, 1.807) is 24.4 Å². The average Bonchev–Trinajstić information content (AvgIpc) is 3.04. The summed E-state index contributed by atoms with van der Waals surface area (Å²) in [5, 5.41) is 9.31. The largest absolute Gasteiger partial charge is 0.493 e. The van der Waals surface area contributed by atoms with Crippen LogP contribution < -0.4 is 25.8 Å². The first-order chi connectivity index (χ1) is 21.3. The van der Waals surface area contributed by atoms with E-state index in [0.29, 0.717) is 42.1 Å². The molecule has 11 nitrogen and oxygen atoms in total. The number of anilines is 3. The zero-order valence-corrected chi connectivity index (χ0v) is 25.1. The van der Waals surface area contributed by atoms with Crippen molar-refractivity contribution in [3.63, 3.8) is 0 Å². The Balaban J connectivity index is 1.46. The molecule has 5 rings (SSSR count). The van der Waals surface area contributed by atoms with Gasteiger partial charge in [0.15, 0.2) is 17.3 Å². The number of benzene rings is 2. The Labute approximate surface area is 256 Å². The van der Waals surface area contributed by atoms with Crippen LogP contribution in [0.5, 0.6) is 11.5 Å². The van der Waals surface area contributed by atoms with Gasteiger partial charge in [-0.15, -0.1) is 0 Å². The van der Waals surface area contributed by atoms with Crippen LogP contribution in [0.1, 0.15) is 44.2 Å². The lowest BCUT2D eigenvalue weighted by molar-refractivity contribution is 0.104. The lowest BCUT2D eigenvalue weighted by Gasteiger charge is -2.37. The van der Waals surface area contributed by atoms with Gasteiger partial charge in [0.2, 0.25) is 5.95 Å². The van der Waals surface area contributed by atoms with Crippen molar-refractivity contribution in [3.05, 3.63) is 107 Å². The topological polar surface area (TPSA) is 153 Å². The molecule has 0 fully saturated rings. The number of aliphatic hydroxyl groups excluding tert-OH is 1. The smallest absolute Gasteiger partial charge is 0.221 e. The van der Waals surface area contributed by atoms with Gasteiger partial charge in [-0.3, -0.25) is 4.79 Å². The van der Waals surface area contributed by atoms with Crippen LogP contribution in [-0.4, -0.2) is 71.7 Å². The molecule has 1 unspecified atom stereocenters. The minimum Gasteiger partial charge on any atom is -0.493 e. The number of carbonyl (C=O) groups is 1. The average molecular weight is 596 g/mol. The fourth-order valence-corrected chi connectivity index (χ4v) is 5.52. The maximum absolute atomic E-state index is 13.8. The van der Waals surface area contributed by atoms with E-state index in [2.05, 4.69) is 38.1 Å². The second-order valence-electron chi connectivity index (χ2n) is 10.6. The summed E-state index contributed by atoms with van der Waals surface area (Å²) in [4.78, 5) is 30.6. The fourth-order valence-electron chi connectivity index (χ4n) is 5.52. The van der Waals surface area contributed by atoms with E-state index in [9.17, 15) is 9.90 Å². The number of aromatic nitrogens is 3. The Morgan fingerprint density at radius 2 is 1.93 bits per heavy atom. The standard InChI is InChI=1S/C33H37N7O4/c1-39(14-15-41)29-9-8-23(19-36-29)30-25-7-5-4-6-22(25)10-12-40(30)13-11-27(42)26-17-21(18-28(43-2)31(26)44-3)16-24-20-37-33(35)38-32(24)34/h4-9,11,13,17-20,30,41H,10,12,14-16H2,1-3H3,(H4,34,35,37,38)/b13-11+. The molecule has 3 heterocycles. The van der Waals surface area contributed by atoms with E-state index in [0.717, 1.165) is 23.4 Å². The molecule has 1 aliphatic heterocycles. The van der Waals surface area contributed by atoms with E-state index in [-0.39, 0.29) is 30.2 Å². The van der Waals surface area contributed by atoms with Crippen molar-refractivity contribution < 1.29 is 19.4 Å². The van der Waals surface area contributed by atoms with Crippen LogP contribution in [0.4, 0.5) is 17.6 Å². The molecule has 4 aromatic rings. The van der Waals surface area contributed by atoms with Gasteiger partial charge in [0.1, 0.15) is 11.6 Å². The van der Waals surface area contributed by atoms with Gasteiger partial charge >= 0.3 is 0 Å². The van der Waals surface area contributed by atoms with Crippen LogP contribution >= 0.6 is 0 Å². The summed E-state index contributed by atoms with van der Waals surface area (Å²) in [5.74, 6) is 1.69. The zero-order valence-electron chi connectivity index (χ0n) is 25.1. The van der Waals surface area contributed by atoms with Gasteiger partial charge in [-0.2, -0.15) is 4.98 Å². The van der Waals surface area contributed by atoms with Gasteiger partial charge < -0.3 is 35.8 Å². The predicted molar refractivity (Wildman–Crippen MR) is 170 cm³/mol. The number of methoxy groups -OCH3 is 2. The van der Waals surface area contributed by atoms with Crippen LogP contribution in [0.2, 0.25) is 0 Å². The molecule has 1 aliphatic rings. The minimum absolute atomic E-state index is 0.0476. The monoisotopic (exact) mass is 595 g/mol. The number of nitrogen functional groups attached to an aromatic ring is 2. The summed E-state index contributed by atoms with van der Waals surface area (Å²) < 4.78 is 11.2. The number of fused-ring (bicyclic) bond motifs is 1. The molecule has 0 amide bonds. The molecular formula is C33H37N7O4. The molecule has 11 heteroatoms. The molecule has 5 N–H and O–H groups in total. The minimum atomic E-state index is -0.236. The Morgan fingerprint density at radius 3 is 2.64 bits per heavy atom. The highest BCUT2D eigenvalue weighted by molar-refractivity contribution is 6.07. The lowest BCUT2D eigenvalue weighted by Crippen LogP contribution is -2.32. The van der Waals surface area contributed by atoms with Crippen LogP contribution in [0.3, 0.4) is 0 Å². The van der Waals surface area contributed by atoms with Crippen molar-refractivity contribution in [2.24, 2.45) is 0 Å². The van der Waals surface area contributed by atoms with Crippen LogP contribution in [0, 0.1) is 0 Å². The fraction of sp³-hybridized carbons (Fsp3) is 0.273. The van der Waals surface area contributed by atoms with E-state index in [4.69, 9.17) is 20.9 Å². The van der Waals surface area contributed by atoms with Gasteiger partial charge in [-0.05, 0) is 46.9 Å². The Morgan fingerprint density at radius 1 is 1.11 bits per heavy atom. The summed E-state index contributed by atoms with van der Waals surface area (Å²) in [6, 6.07) is 15.8. The molecule has 0 saturated carbocycles. The number of nitrogens with two attached hydrogens (primary N) is 2. The SMILES string of the molecule is COc1cc(Cc2cnc(N)nc2N)cc(C(=O)/C=C/N2CCc3ccccc3C2c2ccc(N(C)CCO)nc2)c1OC. The highest BCUT2D eigenvalue weighted by Gasteiger charge is 2.27. The number of nitrogens with zero attached hydrogens (tertiary/aromatic N) is 5. The Hall–Kier alpha value is -5.16. The summed E-state index contributed by atoms with van der Waals surface area (Å²) in [6.07, 6.45) is 8.07. The number of carbonyl (C=O) groups excluding carboxylic acids is 1. The second-order valence-corrected chi connectivity index (χ2v) is 10.6. The number of rotatable bonds is 11. The molecule has 0 aliphatic carbocycles. The quantitative estimate of drug-likeness (QED) is 0.173. The van der Waals surface area contributed by atoms with Gasteiger partial charge in [0.25, 0.3) is 0 Å². The van der Waals surface area contributed by atoms with E-state index < -0.39 is 0 Å². The van der Waals surface area contributed by atoms with E-state index in [1.807, 2.05) is 42.5 Å². The van der Waals surface area contributed by atoms with Crippen molar-refractivity contribution in [1.82, 2.24) is 19.9 Å². The highest BCUT2D eigenvalue weighted by atomic mass is 16.5. The molecule has 0 saturated heterocycles. The van der Waals surface area contributed by atoms with Crippen molar-refractivity contribution in [2.45, 2.75) is 18.9 Å². The Bertz CT molecular complexity index is 1660. The van der Waals surface area contributed by atoms with Crippen molar-refractivity contribution in [2.75, 3.05) is 57.3 Å². The molecule has 44 heavy (non-hydrogen) atoms. The number of hydrogen-bond acceptors (Lipinski definition) is 11. The third-order valence-electron chi connectivity index (χ3n) is 7.77. The van der Waals surface area contributed by atoms with Crippen molar-refractivity contribution >= 4 is 23.4 Å². The number of pyridine rings is 1. The third kappa shape index (κ3) is 6.42. The summed E-state index contributed by atoms with van der Waals surface area (Å²) in [5.41, 5.74) is 17.0. The van der Waals surface area contributed by atoms with Crippen LogP contribution in [-0.2, 0) is 12.8 Å². The van der Waals surface area contributed by atoms with Crippen molar-refractivity contribution in [1.29, 1.82) is 0 Å². The number of likely N-dealkylation sites (N-methyl/N-ethyl adjacent to an activating group) is 1. The molecule has 0 spiro atoms. The number of aliphatic hydroxyl groups is 1. The second kappa shape index (κ2) is 13.4. The molecule has 0 bridgehead atoms. The number of allylic oxidation sites excluding steroid dienone is 1. The van der Waals surface area contributed by atoms with E-state index in [1.165, 1.54) is 25.3 Å². The van der Waals surface area contributed by atoms with Crippen LogP contribution in [0.15, 0.2) is 73.2 Å². The van der Waals surface area contributed by atoms with Crippen LogP contribution in [0.25, 0.3) is 0 Å². The summed E-state index contributed by atoms with van der Waals surface area (Å²) >= 11 is 0. The lowest BCUT2D eigenvalue weighted by atomic mass is 9.89. The maximum atomic E-state index is 13.8. The van der Waals surface area contributed by atoms with Gasteiger partial charge in [-0.1, -0.05) is 30.3 Å². The van der Waals surface area contributed by atoms with Crippen molar-refractivity contribution in [3.8, 4) is 11.5 Å². The summed E-state index contributed by atoms with van der Waals surface area (Å²) in [6.45, 7) is 1.26. The molecule has 2 aromatic carbocycles. The Kier molecular flexibility index (Phi) is 9.25. The molecule has 0 radical (unpaired) electrons. The molecule has 1 atom stereocenters. The summed E-state index contributed by atoms with van der Waals surface area (Å²) in [7, 11) is 4.94. The molecule has 228 valence electrons. The molecular weight excluding hydrogens is 558 g/mol.